The molecule has 1 aromatic carbocycles. The molecule has 0 aliphatic carbocycles. The largest absolute Gasteiger partial charge is 0.466 e. The van der Waals surface area contributed by atoms with Crippen LogP contribution in [0.2, 0.25) is 0 Å². The number of esters is 1. The number of ether oxygens (including phenoxy) is 1. The summed E-state index contributed by atoms with van der Waals surface area (Å²) in [5, 5.41) is 5.05. The van der Waals surface area contributed by atoms with Gasteiger partial charge in [0.2, 0.25) is 0 Å². The van der Waals surface area contributed by atoms with E-state index in [9.17, 15) is 13.6 Å². The van der Waals surface area contributed by atoms with Crippen LogP contribution in [0.5, 0.6) is 0 Å². The first-order chi connectivity index (χ1) is 10.1. The molecule has 4 nitrogen and oxygen atoms in total. The van der Waals surface area contributed by atoms with Crippen molar-refractivity contribution in [1.82, 2.24) is 4.98 Å². The number of halogens is 2. The van der Waals surface area contributed by atoms with Crippen LogP contribution >= 0.6 is 11.3 Å². The predicted octanol–water partition coefficient (Wildman–Crippen LogP) is 3.66. The SMILES string of the molecule is CCOC(=O)CCc1csc(Nc2ccc(F)cc2F)n1. The molecule has 0 bridgehead atoms. The summed E-state index contributed by atoms with van der Waals surface area (Å²) in [7, 11) is 0. The lowest BCUT2D eigenvalue weighted by Crippen LogP contribution is -2.05. The first kappa shape index (κ1) is 15.4. The normalized spacial score (nSPS) is 10.4. The molecule has 2 aromatic rings. The first-order valence-corrected chi connectivity index (χ1v) is 7.28. The van der Waals surface area contributed by atoms with Gasteiger partial charge in [0.1, 0.15) is 11.6 Å². The van der Waals surface area contributed by atoms with E-state index < -0.39 is 11.6 Å². The third kappa shape index (κ3) is 4.49. The van der Waals surface area contributed by atoms with Crippen molar-refractivity contribution in [3.8, 4) is 0 Å². The lowest BCUT2D eigenvalue weighted by molar-refractivity contribution is -0.143. The number of hydrogen-bond donors (Lipinski definition) is 1. The van der Waals surface area contributed by atoms with E-state index in [4.69, 9.17) is 4.74 Å². The molecule has 1 N–H and O–H groups in total. The monoisotopic (exact) mass is 312 g/mol. The Morgan fingerprint density at radius 3 is 2.95 bits per heavy atom. The van der Waals surface area contributed by atoms with E-state index in [0.29, 0.717) is 18.2 Å². The summed E-state index contributed by atoms with van der Waals surface area (Å²) in [5.41, 5.74) is 0.876. The first-order valence-electron chi connectivity index (χ1n) is 6.40. The number of thiazole rings is 1. The van der Waals surface area contributed by atoms with Crippen molar-refractivity contribution in [1.29, 1.82) is 0 Å². The summed E-state index contributed by atoms with van der Waals surface area (Å²) in [6.45, 7) is 2.10. The quantitative estimate of drug-likeness (QED) is 0.827. The van der Waals surface area contributed by atoms with E-state index in [1.54, 1.807) is 12.3 Å². The molecule has 0 amide bonds. The van der Waals surface area contributed by atoms with Gasteiger partial charge in [0.05, 0.1) is 24.4 Å². The topological polar surface area (TPSA) is 51.2 Å². The molecule has 112 valence electrons. The summed E-state index contributed by atoms with van der Waals surface area (Å²) in [4.78, 5) is 15.5. The smallest absolute Gasteiger partial charge is 0.306 e. The van der Waals surface area contributed by atoms with E-state index in [0.717, 1.165) is 11.8 Å². The van der Waals surface area contributed by atoms with E-state index in [2.05, 4.69) is 10.3 Å². The molecule has 21 heavy (non-hydrogen) atoms. The Hall–Kier alpha value is -2.02. The van der Waals surface area contributed by atoms with Crippen LogP contribution in [0.4, 0.5) is 19.6 Å². The van der Waals surface area contributed by atoms with Gasteiger partial charge in [-0.15, -0.1) is 11.3 Å². The van der Waals surface area contributed by atoms with Gasteiger partial charge in [0.15, 0.2) is 5.13 Å². The Morgan fingerprint density at radius 1 is 1.43 bits per heavy atom. The summed E-state index contributed by atoms with van der Waals surface area (Å²) in [6, 6.07) is 3.28. The number of aryl methyl sites for hydroxylation is 1. The van der Waals surface area contributed by atoms with Crippen LogP contribution in [0.3, 0.4) is 0 Å². The minimum absolute atomic E-state index is 0.155. The average Bonchev–Trinajstić information content (AvgIpc) is 2.88. The van der Waals surface area contributed by atoms with Gasteiger partial charge >= 0.3 is 5.97 Å². The maximum Gasteiger partial charge on any atom is 0.306 e. The molecule has 0 saturated carbocycles. The Kier molecular flexibility index (Phi) is 5.21. The van der Waals surface area contributed by atoms with Crippen molar-refractivity contribution >= 4 is 28.1 Å². The molecule has 0 unspecified atom stereocenters. The van der Waals surface area contributed by atoms with Gasteiger partial charge in [-0.1, -0.05) is 0 Å². The Bertz CT molecular complexity index is 631. The number of carbonyl (C=O) groups is 1. The van der Waals surface area contributed by atoms with Crippen LogP contribution in [0, 0.1) is 11.6 Å². The van der Waals surface area contributed by atoms with E-state index in [1.807, 2.05) is 0 Å². The maximum atomic E-state index is 13.5. The molecular formula is C14H14F2N2O2S. The Morgan fingerprint density at radius 2 is 2.24 bits per heavy atom. The zero-order valence-corrected chi connectivity index (χ0v) is 12.2. The summed E-state index contributed by atoms with van der Waals surface area (Å²) < 4.78 is 31.1. The van der Waals surface area contributed by atoms with Gasteiger partial charge < -0.3 is 10.1 Å². The summed E-state index contributed by atoms with van der Waals surface area (Å²) in [5.74, 6) is -1.59. The van der Waals surface area contributed by atoms with Crippen LogP contribution in [-0.2, 0) is 16.0 Å². The molecule has 0 atom stereocenters. The van der Waals surface area contributed by atoms with Crippen LogP contribution < -0.4 is 5.32 Å². The number of hydrogen-bond acceptors (Lipinski definition) is 5. The molecule has 2 rings (SSSR count). The van der Waals surface area contributed by atoms with Gasteiger partial charge in [-0.25, -0.2) is 13.8 Å². The van der Waals surface area contributed by atoms with Crippen LogP contribution in [0.1, 0.15) is 19.0 Å². The lowest BCUT2D eigenvalue weighted by Gasteiger charge is -2.03. The van der Waals surface area contributed by atoms with Crippen molar-refractivity contribution < 1.29 is 18.3 Å². The van der Waals surface area contributed by atoms with Crippen LogP contribution in [0.15, 0.2) is 23.6 Å². The molecular weight excluding hydrogens is 298 g/mol. The molecule has 7 heteroatoms. The number of aromatic nitrogens is 1. The number of rotatable bonds is 6. The van der Waals surface area contributed by atoms with Gasteiger partial charge in [0.25, 0.3) is 0 Å². The molecule has 1 heterocycles. The van der Waals surface area contributed by atoms with Gasteiger partial charge in [-0.3, -0.25) is 4.79 Å². The zero-order valence-electron chi connectivity index (χ0n) is 11.4. The number of nitrogens with zero attached hydrogens (tertiary/aromatic N) is 1. The van der Waals surface area contributed by atoms with Crippen molar-refractivity contribution in [2.24, 2.45) is 0 Å². The second-order valence-electron chi connectivity index (χ2n) is 4.20. The Labute approximate surface area is 124 Å². The van der Waals surface area contributed by atoms with Crippen molar-refractivity contribution in [2.45, 2.75) is 19.8 Å². The third-order valence-corrected chi connectivity index (χ3v) is 3.42. The number of nitrogens with one attached hydrogen (secondary N) is 1. The highest BCUT2D eigenvalue weighted by atomic mass is 32.1. The zero-order chi connectivity index (χ0) is 15.2. The predicted molar refractivity (Wildman–Crippen MR) is 76.7 cm³/mol. The molecule has 1 aromatic heterocycles. The van der Waals surface area contributed by atoms with E-state index in [-0.39, 0.29) is 18.1 Å². The highest BCUT2D eigenvalue weighted by Gasteiger charge is 2.09. The highest BCUT2D eigenvalue weighted by Crippen LogP contribution is 2.24. The molecule has 0 aliphatic rings. The number of carbonyl (C=O) groups excluding carboxylic acids is 1. The summed E-state index contributed by atoms with van der Waals surface area (Å²) in [6.07, 6.45) is 0.713. The molecule has 0 saturated heterocycles. The summed E-state index contributed by atoms with van der Waals surface area (Å²) >= 11 is 1.29. The van der Waals surface area contributed by atoms with Gasteiger partial charge in [-0.2, -0.15) is 0 Å². The van der Waals surface area contributed by atoms with Crippen LogP contribution in [-0.4, -0.2) is 17.6 Å². The minimum Gasteiger partial charge on any atom is -0.466 e. The lowest BCUT2D eigenvalue weighted by atomic mass is 10.2. The maximum absolute atomic E-state index is 13.5. The second kappa shape index (κ2) is 7.12. The standard InChI is InChI=1S/C14H14F2N2O2S/c1-2-20-13(19)6-4-10-8-21-14(17-10)18-12-5-3-9(15)7-11(12)16/h3,5,7-8H,2,4,6H2,1H3,(H,17,18). The fraction of sp³-hybridized carbons (Fsp3) is 0.286. The molecule has 0 radical (unpaired) electrons. The van der Waals surface area contributed by atoms with Crippen LogP contribution in [0.25, 0.3) is 0 Å². The van der Waals surface area contributed by atoms with Gasteiger partial charge in [0, 0.05) is 17.9 Å². The molecule has 0 aliphatic heterocycles. The van der Waals surface area contributed by atoms with E-state index in [1.165, 1.54) is 23.5 Å². The second-order valence-corrected chi connectivity index (χ2v) is 5.06. The fourth-order valence-corrected chi connectivity index (χ4v) is 2.41. The van der Waals surface area contributed by atoms with E-state index >= 15 is 0 Å². The fourth-order valence-electron chi connectivity index (χ4n) is 1.65. The Balaban J connectivity index is 1.95. The van der Waals surface area contributed by atoms with Gasteiger partial charge in [-0.05, 0) is 19.1 Å². The number of anilines is 2. The number of benzene rings is 1. The third-order valence-electron chi connectivity index (χ3n) is 2.62. The van der Waals surface area contributed by atoms with Crippen molar-refractivity contribution in [3.63, 3.8) is 0 Å². The molecule has 0 fully saturated rings. The minimum atomic E-state index is -0.682. The van der Waals surface area contributed by atoms with Crippen molar-refractivity contribution in [3.05, 3.63) is 40.9 Å². The molecule has 0 spiro atoms. The highest BCUT2D eigenvalue weighted by molar-refractivity contribution is 7.13. The van der Waals surface area contributed by atoms with Crippen molar-refractivity contribution in [2.75, 3.05) is 11.9 Å². The average molecular weight is 312 g/mol.